The van der Waals surface area contributed by atoms with Gasteiger partial charge in [-0.2, -0.15) is 0 Å². The predicted molar refractivity (Wildman–Crippen MR) is 70.2 cm³/mol. The van der Waals surface area contributed by atoms with Gasteiger partial charge in [-0.05, 0) is 45.2 Å². The maximum Gasteiger partial charge on any atom is 0.0448 e. The largest absolute Gasteiger partial charge is 0.368 e. The number of hydrogen-bond donors (Lipinski definition) is 1. The highest BCUT2D eigenvalue weighted by molar-refractivity contribution is 5.56. The Morgan fingerprint density at radius 2 is 2.35 bits per heavy atom. The molecule has 3 rings (SSSR count). The van der Waals surface area contributed by atoms with E-state index in [0.29, 0.717) is 0 Å². The molecular weight excluding hydrogens is 210 g/mol. The quantitative estimate of drug-likeness (QED) is 0.863. The van der Waals surface area contributed by atoms with E-state index in [-0.39, 0.29) is 0 Å². The van der Waals surface area contributed by atoms with Crippen LogP contribution >= 0.6 is 0 Å². The van der Waals surface area contributed by atoms with Crippen LogP contribution in [0.2, 0.25) is 0 Å². The smallest absolute Gasteiger partial charge is 0.0448 e. The number of nitrogens with one attached hydrogen (secondary N) is 1. The Morgan fingerprint density at radius 3 is 3.00 bits per heavy atom. The van der Waals surface area contributed by atoms with Gasteiger partial charge in [0.1, 0.15) is 0 Å². The van der Waals surface area contributed by atoms with Gasteiger partial charge in [0, 0.05) is 42.3 Å². The van der Waals surface area contributed by atoms with Crippen LogP contribution < -0.4 is 10.2 Å². The molecule has 2 atom stereocenters. The number of nitrogens with zero attached hydrogens (tertiary/aromatic N) is 2. The van der Waals surface area contributed by atoms with Gasteiger partial charge in [0.2, 0.25) is 0 Å². The third-order valence-corrected chi connectivity index (χ3v) is 4.18. The summed E-state index contributed by atoms with van der Waals surface area (Å²) >= 11 is 0. The molecule has 1 N–H and O–H groups in total. The van der Waals surface area contributed by atoms with Gasteiger partial charge >= 0.3 is 0 Å². The van der Waals surface area contributed by atoms with E-state index >= 15 is 0 Å². The molecule has 17 heavy (non-hydrogen) atoms. The van der Waals surface area contributed by atoms with Gasteiger partial charge in [-0.15, -0.1) is 0 Å². The highest BCUT2D eigenvalue weighted by Crippen LogP contribution is 2.41. The van der Waals surface area contributed by atoms with Gasteiger partial charge in [-0.25, -0.2) is 0 Å². The second-order valence-electron chi connectivity index (χ2n) is 5.47. The Morgan fingerprint density at radius 1 is 1.47 bits per heavy atom. The number of hydrogen-bond acceptors (Lipinski definition) is 3. The molecule has 1 aromatic rings. The van der Waals surface area contributed by atoms with Crippen molar-refractivity contribution in [1.82, 2.24) is 10.3 Å². The monoisotopic (exact) mass is 231 g/mol. The van der Waals surface area contributed by atoms with Crippen LogP contribution in [0.4, 0.5) is 5.69 Å². The van der Waals surface area contributed by atoms with E-state index in [1.165, 1.54) is 37.1 Å². The zero-order chi connectivity index (χ0) is 11.8. The summed E-state index contributed by atoms with van der Waals surface area (Å²) in [4.78, 5) is 7.05. The van der Waals surface area contributed by atoms with Crippen molar-refractivity contribution < 1.29 is 0 Å². The summed E-state index contributed by atoms with van der Waals surface area (Å²) in [6, 6.07) is 3.05. The van der Waals surface area contributed by atoms with Crippen LogP contribution in [0.5, 0.6) is 0 Å². The van der Waals surface area contributed by atoms with Crippen LogP contribution in [0.3, 0.4) is 0 Å². The number of aromatic nitrogens is 1. The SMILES string of the molecule is CNCc1cnc(C)cc1N1CC2CCC1C2. The highest BCUT2D eigenvalue weighted by Gasteiger charge is 2.38. The van der Waals surface area contributed by atoms with E-state index < -0.39 is 0 Å². The summed E-state index contributed by atoms with van der Waals surface area (Å²) in [5.74, 6) is 0.941. The Bertz CT molecular complexity index is 416. The Balaban J connectivity index is 1.92. The standard InChI is InChI=1S/C14H21N3/c1-10-5-14(12(7-15-2)8-16-10)17-9-11-3-4-13(17)6-11/h5,8,11,13,15H,3-4,6-7,9H2,1-2H3. The predicted octanol–water partition coefficient (Wildman–Crippen LogP) is 2.10. The number of anilines is 1. The van der Waals surface area contributed by atoms with Crippen molar-refractivity contribution in [2.24, 2.45) is 5.92 Å². The maximum atomic E-state index is 4.43. The summed E-state index contributed by atoms with van der Waals surface area (Å²) in [7, 11) is 2.00. The molecule has 3 nitrogen and oxygen atoms in total. The van der Waals surface area contributed by atoms with Gasteiger partial charge < -0.3 is 10.2 Å². The molecule has 2 bridgehead atoms. The van der Waals surface area contributed by atoms with Crippen LogP contribution in [0.25, 0.3) is 0 Å². The first-order valence-corrected chi connectivity index (χ1v) is 6.64. The molecule has 1 saturated carbocycles. The molecule has 1 aromatic heterocycles. The topological polar surface area (TPSA) is 28.2 Å². The van der Waals surface area contributed by atoms with Gasteiger partial charge in [0.15, 0.2) is 0 Å². The minimum Gasteiger partial charge on any atom is -0.368 e. The van der Waals surface area contributed by atoms with Crippen molar-refractivity contribution in [2.75, 3.05) is 18.5 Å². The Hall–Kier alpha value is -1.09. The normalized spacial score (nSPS) is 26.8. The minimum atomic E-state index is 0.789. The van der Waals surface area contributed by atoms with E-state index in [1.54, 1.807) is 0 Å². The van der Waals surface area contributed by atoms with Crippen LogP contribution in [0.1, 0.15) is 30.5 Å². The lowest BCUT2D eigenvalue weighted by Crippen LogP contribution is -2.33. The maximum absolute atomic E-state index is 4.43. The molecule has 2 unspecified atom stereocenters. The second kappa shape index (κ2) is 4.30. The molecule has 0 amide bonds. The molecule has 2 aliphatic rings. The van der Waals surface area contributed by atoms with Crippen molar-refractivity contribution in [2.45, 2.75) is 38.8 Å². The molecule has 92 valence electrons. The third-order valence-electron chi connectivity index (χ3n) is 4.18. The summed E-state index contributed by atoms with van der Waals surface area (Å²) in [6.45, 7) is 4.25. The summed E-state index contributed by atoms with van der Waals surface area (Å²) in [5.41, 5.74) is 3.88. The van der Waals surface area contributed by atoms with Gasteiger partial charge in [0.05, 0.1) is 0 Å². The molecule has 0 spiro atoms. The van der Waals surface area contributed by atoms with Crippen LogP contribution in [-0.4, -0.2) is 24.6 Å². The lowest BCUT2D eigenvalue weighted by atomic mass is 10.1. The van der Waals surface area contributed by atoms with Gasteiger partial charge in [-0.3, -0.25) is 4.98 Å². The average Bonchev–Trinajstić information content (AvgIpc) is 2.93. The molecule has 0 aromatic carbocycles. The number of aryl methyl sites for hydroxylation is 1. The highest BCUT2D eigenvalue weighted by atomic mass is 15.2. The van der Waals surface area contributed by atoms with Crippen LogP contribution in [0.15, 0.2) is 12.3 Å². The molecule has 1 aliphatic carbocycles. The first-order valence-electron chi connectivity index (χ1n) is 6.64. The van der Waals surface area contributed by atoms with Crippen molar-refractivity contribution in [3.05, 3.63) is 23.5 Å². The summed E-state index contributed by atoms with van der Waals surface area (Å²) < 4.78 is 0. The Labute approximate surface area is 103 Å². The van der Waals surface area contributed by atoms with E-state index in [2.05, 4.69) is 28.2 Å². The van der Waals surface area contributed by atoms with Crippen LogP contribution in [-0.2, 0) is 6.54 Å². The third kappa shape index (κ3) is 1.93. The lowest BCUT2D eigenvalue weighted by molar-refractivity contribution is 0.552. The van der Waals surface area contributed by atoms with Crippen molar-refractivity contribution in [3.8, 4) is 0 Å². The van der Waals surface area contributed by atoms with Crippen LogP contribution in [0, 0.1) is 12.8 Å². The Kier molecular flexibility index (Phi) is 2.79. The molecule has 0 radical (unpaired) electrons. The fourth-order valence-corrected chi connectivity index (χ4v) is 3.39. The number of piperidine rings is 1. The number of fused-ring (bicyclic) bond motifs is 2. The molecule has 3 heteroatoms. The molecule has 1 saturated heterocycles. The lowest BCUT2D eigenvalue weighted by Gasteiger charge is -2.31. The van der Waals surface area contributed by atoms with E-state index in [1.807, 2.05) is 13.2 Å². The second-order valence-corrected chi connectivity index (χ2v) is 5.47. The van der Waals surface area contributed by atoms with E-state index in [4.69, 9.17) is 0 Å². The minimum absolute atomic E-state index is 0.789. The van der Waals surface area contributed by atoms with Gasteiger partial charge in [0.25, 0.3) is 0 Å². The van der Waals surface area contributed by atoms with Crippen molar-refractivity contribution >= 4 is 5.69 Å². The first kappa shape index (κ1) is 11.0. The van der Waals surface area contributed by atoms with E-state index in [0.717, 1.165) is 24.2 Å². The fraction of sp³-hybridized carbons (Fsp3) is 0.643. The number of pyridine rings is 1. The molecule has 2 heterocycles. The van der Waals surface area contributed by atoms with Crippen molar-refractivity contribution in [1.29, 1.82) is 0 Å². The molecular formula is C14H21N3. The van der Waals surface area contributed by atoms with Crippen molar-refractivity contribution in [3.63, 3.8) is 0 Å². The zero-order valence-electron chi connectivity index (χ0n) is 10.7. The zero-order valence-corrected chi connectivity index (χ0v) is 10.7. The molecule has 2 fully saturated rings. The summed E-state index contributed by atoms with van der Waals surface area (Å²) in [5, 5.41) is 3.24. The van der Waals surface area contributed by atoms with Gasteiger partial charge in [-0.1, -0.05) is 0 Å². The molecule has 1 aliphatic heterocycles. The fourth-order valence-electron chi connectivity index (χ4n) is 3.39. The number of rotatable bonds is 3. The average molecular weight is 231 g/mol. The van der Waals surface area contributed by atoms with E-state index in [9.17, 15) is 0 Å². The summed E-state index contributed by atoms with van der Waals surface area (Å²) in [6.07, 6.45) is 6.26. The first-order chi connectivity index (χ1) is 8.28.